The van der Waals surface area contributed by atoms with Crippen LogP contribution in [0.5, 0.6) is 0 Å². The van der Waals surface area contributed by atoms with Gasteiger partial charge in [0.15, 0.2) is 0 Å². The molecule has 0 spiro atoms. The van der Waals surface area contributed by atoms with E-state index in [2.05, 4.69) is 5.32 Å². The van der Waals surface area contributed by atoms with E-state index in [9.17, 15) is 19.5 Å². The van der Waals surface area contributed by atoms with Gasteiger partial charge in [0.1, 0.15) is 0 Å². The summed E-state index contributed by atoms with van der Waals surface area (Å²) in [5.41, 5.74) is 1.26. The Kier molecular flexibility index (Phi) is 5.49. The van der Waals surface area contributed by atoms with Gasteiger partial charge in [-0.15, -0.1) is 0 Å². The third-order valence-electron chi connectivity index (χ3n) is 5.29. The second-order valence-corrected chi connectivity index (χ2v) is 7.55. The zero-order valence-corrected chi connectivity index (χ0v) is 16.1. The largest absolute Gasteiger partial charge is 0.478 e. The molecule has 0 aliphatic carbocycles. The third kappa shape index (κ3) is 4.06. The van der Waals surface area contributed by atoms with Gasteiger partial charge in [-0.05, 0) is 56.5 Å². The average molecular weight is 380 g/mol. The molecule has 1 heterocycles. The fraction of sp³-hybridized carbons (Fsp3) is 0.318. The van der Waals surface area contributed by atoms with Crippen molar-refractivity contribution in [2.24, 2.45) is 5.41 Å². The minimum atomic E-state index is -1.04. The molecule has 1 aliphatic heterocycles. The van der Waals surface area contributed by atoms with Crippen molar-refractivity contribution in [1.29, 1.82) is 0 Å². The van der Waals surface area contributed by atoms with Crippen molar-refractivity contribution in [2.45, 2.75) is 26.7 Å². The van der Waals surface area contributed by atoms with Crippen molar-refractivity contribution in [1.82, 2.24) is 4.90 Å². The molecule has 1 saturated heterocycles. The quantitative estimate of drug-likeness (QED) is 0.849. The monoisotopic (exact) mass is 380 g/mol. The number of carboxylic acid groups (broad SMARTS) is 1. The number of aromatic carboxylic acids is 1. The lowest BCUT2D eigenvalue weighted by Crippen LogP contribution is -2.50. The Morgan fingerprint density at radius 1 is 1.07 bits per heavy atom. The van der Waals surface area contributed by atoms with Crippen molar-refractivity contribution >= 4 is 23.5 Å². The van der Waals surface area contributed by atoms with Crippen LogP contribution in [-0.4, -0.2) is 40.9 Å². The molecule has 0 aromatic heterocycles. The maximum Gasteiger partial charge on any atom is 0.335 e. The Hall–Kier alpha value is -3.15. The fourth-order valence-electron chi connectivity index (χ4n) is 3.52. The van der Waals surface area contributed by atoms with Crippen molar-refractivity contribution < 1.29 is 19.5 Å². The maximum atomic E-state index is 13.0. The summed E-state index contributed by atoms with van der Waals surface area (Å²) in [4.78, 5) is 38.7. The van der Waals surface area contributed by atoms with Crippen LogP contribution < -0.4 is 5.32 Å². The lowest BCUT2D eigenvalue weighted by Gasteiger charge is -2.39. The highest BCUT2D eigenvalue weighted by atomic mass is 16.4. The summed E-state index contributed by atoms with van der Waals surface area (Å²) in [6, 6.07) is 13.7. The molecule has 6 heteroatoms. The molecular weight excluding hydrogens is 356 g/mol. The minimum absolute atomic E-state index is 0.0802. The number of likely N-dealkylation sites (tertiary alicyclic amines) is 1. The molecule has 2 N–H and O–H groups in total. The topological polar surface area (TPSA) is 86.7 Å². The van der Waals surface area contributed by atoms with Gasteiger partial charge in [-0.2, -0.15) is 0 Å². The average Bonchev–Trinajstić information content (AvgIpc) is 2.69. The third-order valence-corrected chi connectivity index (χ3v) is 5.29. The highest BCUT2D eigenvalue weighted by Gasteiger charge is 2.39. The summed E-state index contributed by atoms with van der Waals surface area (Å²) in [6.45, 7) is 4.60. The van der Waals surface area contributed by atoms with Gasteiger partial charge in [0.25, 0.3) is 5.91 Å². The predicted molar refractivity (Wildman–Crippen MR) is 106 cm³/mol. The number of carbonyl (C=O) groups is 3. The molecule has 1 unspecified atom stereocenters. The summed E-state index contributed by atoms with van der Waals surface area (Å²) in [7, 11) is 0. The van der Waals surface area contributed by atoms with Gasteiger partial charge < -0.3 is 15.3 Å². The molecule has 2 aromatic rings. The van der Waals surface area contributed by atoms with Crippen molar-refractivity contribution in [2.75, 3.05) is 18.4 Å². The first-order chi connectivity index (χ1) is 13.3. The van der Waals surface area contributed by atoms with Crippen LogP contribution in [0, 0.1) is 12.3 Å². The number of carboxylic acids is 1. The molecule has 2 aromatic carbocycles. The Balaban J connectivity index is 1.77. The van der Waals surface area contributed by atoms with Gasteiger partial charge in [-0.25, -0.2) is 4.79 Å². The number of carbonyl (C=O) groups excluding carboxylic acids is 2. The molecular formula is C22H24N2O4. The summed E-state index contributed by atoms with van der Waals surface area (Å²) >= 11 is 0. The van der Waals surface area contributed by atoms with Crippen molar-refractivity contribution in [3.05, 3.63) is 65.2 Å². The predicted octanol–water partition coefficient (Wildman–Crippen LogP) is 3.57. The Bertz CT molecular complexity index is 910. The summed E-state index contributed by atoms with van der Waals surface area (Å²) in [5, 5.41) is 12.1. The first kappa shape index (κ1) is 19.6. The maximum absolute atomic E-state index is 13.0. The fourth-order valence-corrected chi connectivity index (χ4v) is 3.52. The molecule has 1 atom stereocenters. The van der Waals surface area contributed by atoms with E-state index in [1.165, 1.54) is 12.1 Å². The van der Waals surface area contributed by atoms with Gasteiger partial charge in [-0.1, -0.05) is 24.3 Å². The van der Waals surface area contributed by atoms with E-state index in [0.29, 0.717) is 30.8 Å². The van der Waals surface area contributed by atoms with Crippen LogP contribution in [0.4, 0.5) is 5.69 Å². The number of nitrogens with one attached hydrogen (secondary N) is 1. The van der Waals surface area contributed by atoms with Crippen LogP contribution in [0.1, 0.15) is 46.0 Å². The molecule has 0 radical (unpaired) electrons. The van der Waals surface area contributed by atoms with Crippen LogP contribution in [0.25, 0.3) is 0 Å². The second kappa shape index (κ2) is 7.84. The SMILES string of the molecule is Cc1ccc(C(=O)O)cc1NC(=O)C1(C)CCCN(C(=O)c2ccccc2)C1. The summed E-state index contributed by atoms with van der Waals surface area (Å²) in [6.07, 6.45) is 1.39. The normalized spacial score (nSPS) is 19.1. The Labute approximate surface area is 164 Å². The first-order valence-corrected chi connectivity index (χ1v) is 9.30. The number of benzene rings is 2. The number of anilines is 1. The zero-order chi connectivity index (χ0) is 20.3. The van der Waals surface area contributed by atoms with E-state index >= 15 is 0 Å². The smallest absolute Gasteiger partial charge is 0.335 e. The van der Waals surface area contributed by atoms with Gasteiger partial charge in [-0.3, -0.25) is 9.59 Å². The van der Waals surface area contributed by atoms with Crippen LogP contribution in [0.2, 0.25) is 0 Å². The molecule has 0 saturated carbocycles. The van der Waals surface area contributed by atoms with Gasteiger partial charge >= 0.3 is 5.97 Å². The number of hydrogen-bond acceptors (Lipinski definition) is 3. The van der Waals surface area contributed by atoms with Crippen LogP contribution in [0.3, 0.4) is 0 Å². The number of nitrogens with zero attached hydrogens (tertiary/aromatic N) is 1. The Morgan fingerprint density at radius 3 is 2.46 bits per heavy atom. The van der Waals surface area contributed by atoms with Crippen molar-refractivity contribution in [3.8, 4) is 0 Å². The molecule has 146 valence electrons. The number of piperidine rings is 1. The van der Waals surface area contributed by atoms with Crippen LogP contribution in [-0.2, 0) is 4.79 Å². The van der Waals surface area contributed by atoms with E-state index in [4.69, 9.17) is 0 Å². The first-order valence-electron chi connectivity index (χ1n) is 9.30. The summed E-state index contributed by atoms with van der Waals surface area (Å²) in [5.74, 6) is -1.33. The highest BCUT2D eigenvalue weighted by molar-refractivity contribution is 5.99. The van der Waals surface area contributed by atoms with Crippen LogP contribution in [0.15, 0.2) is 48.5 Å². The van der Waals surface area contributed by atoms with Crippen LogP contribution >= 0.6 is 0 Å². The summed E-state index contributed by atoms with van der Waals surface area (Å²) < 4.78 is 0. The molecule has 28 heavy (non-hydrogen) atoms. The van der Waals surface area contributed by atoms with E-state index in [1.54, 1.807) is 23.1 Å². The van der Waals surface area contributed by atoms with E-state index < -0.39 is 11.4 Å². The standard InChI is InChI=1S/C22H24N2O4/c1-15-9-10-17(20(26)27)13-18(15)23-21(28)22(2)11-6-12-24(14-22)19(25)16-7-4-3-5-8-16/h3-5,7-10,13H,6,11-12,14H2,1-2H3,(H,23,28)(H,26,27). The number of rotatable bonds is 4. The van der Waals surface area contributed by atoms with Gasteiger partial charge in [0.05, 0.1) is 11.0 Å². The molecule has 2 amide bonds. The number of hydrogen-bond donors (Lipinski definition) is 2. The minimum Gasteiger partial charge on any atom is -0.478 e. The molecule has 3 rings (SSSR count). The van der Waals surface area contributed by atoms with E-state index in [-0.39, 0.29) is 17.4 Å². The molecule has 0 bridgehead atoms. The van der Waals surface area contributed by atoms with Gasteiger partial charge in [0, 0.05) is 24.3 Å². The Morgan fingerprint density at radius 2 is 1.79 bits per heavy atom. The number of aryl methyl sites for hydroxylation is 1. The molecule has 6 nitrogen and oxygen atoms in total. The lowest BCUT2D eigenvalue weighted by atomic mass is 9.80. The lowest BCUT2D eigenvalue weighted by molar-refractivity contribution is -0.127. The molecule has 1 fully saturated rings. The van der Waals surface area contributed by atoms with E-state index in [0.717, 1.165) is 12.0 Å². The van der Waals surface area contributed by atoms with E-state index in [1.807, 2.05) is 32.0 Å². The highest BCUT2D eigenvalue weighted by Crippen LogP contribution is 2.32. The van der Waals surface area contributed by atoms with Gasteiger partial charge in [0.2, 0.25) is 5.91 Å². The molecule has 1 aliphatic rings. The van der Waals surface area contributed by atoms with Crippen molar-refractivity contribution in [3.63, 3.8) is 0 Å². The number of amides is 2. The zero-order valence-electron chi connectivity index (χ0n) is 16.1. The second-order valence-electron chi connectivity index (χ2n) is 7.55.